The molecule has 10 heteroatoms. The summed E-state index contributed by atoms with van der Waals surface area (Å²) in [6.07, 6.45) is 0.416. The minimum Gasteiger partial charge on any atom is -0.496 e. The number of aromatic nitrogens is 3. The fourth-order valence-corrected chi connectivity index (χ4v) is 4.53. The molecule has 1 fully saturated rings. The third-order valence-electron chi connectivity index (χ3n) is 6.21. The molecule has 0 radical (unpaired) electrons. The number of nitrogens with zero attached hydrogens (tertiary/aromatic N) is 3. The van der Waals surface area contributed by atoms with Crippen LogP contribution in [-0.2, 0) is 4.74 Å². The number of fused-ring (bicyclic) bond motifs is 2. The van der Waals surface area contributed by atoms with E-state index in [1.165, 1.54) is 6.33 Å². The number of para-hydroxylation sites is 1. The van der Waals surface area contributed by atoms with Crippen LogP contribution in [0.5, 0.6) is 17.2 Å². The summed E-state index contributed by atoms with van der Waals surface area (Å²) in [4.78, 5) is 9.04. The SMILES string of the molecule is COc1ccccc1-c1cn(C2OC[C@@H](O)[C@H]2O)c2ncnc(Nc3ccc4c(c3)OCCO4)c12. The second-order valence-corrected chi connectivity index (χ2v) is 8.34. The van der Waals surface area contributed by atoms with Crippen LogP contribution >= 0.6 is 0 Å². The van der Waals surface area contributed by atoms with Crippen molar-refractivity contribution in [3.63, 3.8) is 0 Å². The van der Waals surface area contributed by atoms with E-state index in [0.717, 1.165) is 16.8 Å². The molecule has 6 rings (SSSR count). The zero-order chi connectivity index (χ0) is 23.9. The molecule has 0 bridgehead atoms. The first-order valence-electron chi connectivity index (χ1n) is 11.3. The third-order valence-corrected chi connectivity index (χ3v) is 6.21. The Bertz CT molecular complexity index is 1390. The van der Waals surface area contributed by atoms with Crippen molar-refractivity contribution in [3.8, 4) is 28.4 Å². The highest BCUT2D eigenvalue weighted by molar-refractivity contribution is 6.03. The number of ether oxygens (including phenoxy) is 4. The van der Waals surface area contributed by atoms with E-state index < -0.39 is 18.4 Å². The number of hydrogen-bond donors (Lipinski definition) is 3. The summed E-state index contributed by atoms with van der Waals surface area (Å²) in [7, 11) is 1.61. The summed E-state index contributed by atoms with van der Waals surface area (Å²) in [5, 5.41) is 24.7. The maximum atomic E-state index is 10.6. The predicted molar refractivity (Wildman–Crippen MR) is 127 cm³/mol. The first kappa shape index (κ1) is 21.7. The Labute approximate surface area is 200 Å². The first-order valence-corrected chi connectivity index (χ1v) is 11.3. The number of hydrogen-bond acceptors (Lipinski definition) is 9. The smallest absolute Gasteiger partial charge is 0.164 e. The Balaban J connectivity index is 1.52. The highest BCUT2D eigenvalue weighted by Gasteiger charge is 2.37. The van der Waals surface area contributed by atoms with Gasteiger partial charge in [-0.25, -0.2) is 9.97 Å². The van der Waals surface area contributed by atoms with E-state index in [1.54, 1.807) is 11.7 Å². The van der Waals surface area contributed by atoms with Gasteiger partial charge >= 0.3 is 0 Å². The molecule has 3 N–H and O–H groups in total. The van der Waals surface area contributed by atoms with Gasteiger partial charge in [0.2, 0.25) is 0 Å². The van der Waals surface area contributed by atoms with E-state index in [2.05, 4.69) is 15.3 Å². The molecule has 1 unspecified atom stereocenters. The van der Waals surface area contributed by atoms with Gasteiger partial charge in [0.1, 0.15) is 49.0 Å². The van der Waals surface area contributed by atoms with E-state index in [4.69, 9.17) is 18.9 Å². The van der Waals surface area contributed by atoms with Gasteiger partial charge in [0.15, 0.2) is 17.7 Å². The normalized spacial score (nSPS) is 21.3. The molecule has 4 heterocycles. The van der Waals surface area contributed by atoms with Gasteiger partial charge in [0.25, 0.3) is 0 Å². The van der Waals surface area contributed by atoms with E-state index in [1.807, 2.05) is 48.7 Å². The lowest BCUT2D eigenvalue weighted by molar-refractivity contribution is -0.0159. The molecule has 1 saturated heterocycles. The molecule has 35 heavy (non-hydrogen) atoms. The van der Waals surface area contributed by atoms with Gasteiger partial charge in [-0.3, -0.25) is 0 Å². The van der Waals surface area contributed by atoms with Gasteiger partial charge in [0, 0.05) is 29.1 Å². The largest absolute Gasteiger partial charge is 0.496 e. The van der Waals surface area contributed by atoms with Crippen LogP contribution in [0.3, 0.4) is 0 Å². The molecule has 2 aliphatic heterocycles. The first-order chi connectivity index (χ1) is 17.1. The average Bonchev–Trinajstić information content (AvgIpc) is 3.44. The van der Waals surface area contributed by atoms with Gasteiger partial charge in [-0.2, -0.15) is 0 Å². The summed E-state index contributed by atoms with van der Waals surface area (Å²) in [5.41, 5.74) is 2.92. The Hall–Kier alpha value is -3.86. The van der Waals surface area contributed by atoms with Crippen molar-refractivity contribution in [2.75, 3.05) is 32.2 Å². The Kier molecular flexibility index (Phi) is 5.40. The van der Waals surface area contributed by atoms with Crippen LogP contribution < -0.4 is 19.5 Å². The van der Waals surface area contributed by atoms with Crippen molar-refractivity contribution in [2.24, 2.45) is 0 Å². The van der Waals surface area contributed by atoms with E-state index in [0.29, 0.717) is 47.3 Å². The lowest BCUT2D eigenvalue weighted by Gasteiger charge is -2.19. The zero-order valence-corrected chi connectivity index (χ0v) is 18.9. The molecule has 0 amide bonds. The molecule has 4 aromatic rings. The Morgan fingerprint density at radius 3 is 2.66 bits per heavy atom. The molecular formula is C25H24N4O6. The zero-order valence-electron chi connectivity index (χ0n) is 18.9. The number of benzene rings is 2. The number of nitrogens with one attached hydrogen (secondary N) is 1. The quantitative estimate of drug-likeness (QED) is 0.399. The van der Waals surface area contributed by atoms with Gasteiger partial charge in [-0.1, -0.05) is 18.2 Å². The molecule has 0 saturated carbocycles. The minimum absolute atomic E-state index is 0.0306. The summed E-state index contributed by atoms with van der Waals surface area (Å²) >= 11 is 0. The monoisotopic (exact) mass is 476 g/mol. The molecule has 3 atom stereocenters. The summed E-state index contributed by atoms with van der Waals surface area (Å²) in [5.74, 6) is 2.58. The lowest BCUT2D eigenvalue weighted by atomic mass is 10.0. The Morgan fingerprint density at radius 2 is 1.86 bits per heavy atom. The highest BCUT2D eigenvalue weighted by atomic mass is 16.6. The fourth-order valence-electron chi connectivity index (χ4n) is 4.53. The minimum atomic E-state index is -1.10. The van der Waals surface area contributed by atoms with Crippen LogP contribution in [0, 0.1) is 0 Å². The summed E-state index contributed by atoms with van der Waals surface area (Å²) in [6.45, 7) is 1.04. The van der Waals surface area contributed by atoms with Gasteiger partial charge in [-0.05, 0) is 18.2 Å². The van der Waals surface area contributed by atoms with Gasteiger partial charge in [0.05, 0.1) is 19.1 Å². The molecule has 2 aromatic carbocycles. The van der Waals surface area contributed by atoms with Crippen molar-refractivity contribution in [3.05, 3.63) is 55.0 Å². The second kappa shape index (κ2) is 8.73. The van der Waals surface area contributed by atoms with Crippen LogP contribution in [0.4, 0.5) is 11.5 Å². The van der Waals surface area contributed by atoms with Crippen LogP contribution in [-0.4, -0.2) is 63.9 Å². The van der Waals surface area contributed by atoms with Crippen LogP contribution in [0.15, 0.2) is 55.0 Å². The topological polar surface area (TPSA) is 120 Å². The molecule has 0 aliphatic carbocycles. The van der Waals surface area contributed by atoms with Gasteiger partial charge < -0.3 is 39.0 Å². The molecule has 2 aliphatic rings. The second-order valence-electron chi connectivity index (χ2n) is 8.34. The van der Waals surface area contributed by atoms with Crippen LogP contribution in [0.25, 0.3) is 22.2 Å². The van der Waals surface area contributed by atoms with E-state index in [9.17, 15) is 10.2 Å². The highest BCUT2D eigenvalue weighted by Crippen LogP contribution is 2.42. The number of methoxy groups -OCH3 is 1. The van der Waals surface area contributed by atoms with Gasteiger partial charge in [-0.15, -0.1) is 0 Å². The molecule has 10 nitrogen and oxygen atoms in total. The Morgan fingerprint density at radius 1 is 1.03 bits per heavy atom. The number of aliphatic hydroxyl groups excluding tert-OH is 2. The molecule has 0 spiro atoms. The van der Waals surface area contributed by atoms with E-state index in [-0.39, 0.29) is 6.61 Å². The molecular weight excluding hydrogens is 452 g/mol. The number of anilines is 2. The van der Waals surface area contributed by atoms with Crippen molar-refractivity contribution >= 4 is 22.5 Å². The van der Waals surface area contributed by atoms with E-state index >= 15 is 0 Å². The number of rotatable bonds is 5. The third kappa shape index (κ3) is 3.72. The van der Waals surface area contributed by atoms with Crippen molar-refractivity contribution in [1.82, 2.24) is 14.5 Å². The predicted octanol–water partition coefficient (Wildman–Crippen LogP) is 2.87. The van der Waals surface area contributed by atoms with Crippen molar-refractivity contribution < 1.29 is 29.2 Å². The average molecular weight is 476 g/mol. The standard InChI is InChI=1S/C25H24N4O6/c1-32-18-5-3-2-4-15(18)16-11-29(25-22(31)17(30)12-35-25)24-21(16)23(26-13-27-24)28-14-6-7-19-20(10-14)34-9-8-33-19/h2-7,10-11,13,17,22,25,30-31H,8-9,12H2,1H3,(H,26,27,28)/t17-,22-,25?/m1/s1. The van der Waals surface area contributed by atoms with Crippen LogP contribution in [0.2, 0.25) is 0 Å². The fraction of sp³-hybridized carbons (Fsp3) is 0.280. The number of aliphatic hydroxyl groups is 2. The molecule has 180 valence electrons. The van der Waals surface area contributed by atoms with Crippen molar-refractivity contribution in [1.29, 1.82) is 0 Å². The lowest BCUT2D eigenvalue weighted by Crippen LogP contribution is -2.28. The summed E-state index contributed by atoms with van der Waals surface area (Å²) < 4.78 is 24.4. The van der Waals surface area contributed by atoms with Crippen LogP contribution in [0.1, 0.15) is 6.23 Å². The summed E-state index contributed by atoms with van der Waals surface area (Å²) in [6, 6.07) is 13.2. The maximum Gasteiger partial charge on any atom is 0.164 e. The maximum absolute atomic E-state index is 10.6. The van der Waals surface area contributed by atoms with Crippen molar-refractivity contribution in [2.45, 2.75) is 18.4 Å². The molecule has 2 aromatic heterocycles.